The van der Waals surface area contributed by atoms with Crippen molar-refractivity contribution in [1.82, 2.24) is 9.62 Å². The third-order valence-electron chi connectivity index (χ3n) is 4.19. The minimum absolute atomic E-state index is 0.179. The second-order valence-electron chi connectivity index (χ2n) is 6.26. The van der Waals surface area contributed by atoms with Crippen LogP contribution >= 0.6 is 11.3 Å². The Labute approximate surface area is 174 Å². The zero-order chi connectivity index (χ0) is 22.1. The molecule has 3 heterocycles. The van der Waals surface area contributed by atoms with Crippen LogP contribution in [0.25, 0.3) is 0 Å². The number of hydrogen-bond donors (Lipinski definition) is 3. The molecule has 1 aromatic rings. The van der Waals surface area contributed by atoms with Crippen LogP contribution in [0.1, 0.15) is 11.8 Å². The van der Waals surface area contributed by atoms with Gasteiger partial charge in [-0.15, -0.1) is 11.3 Å². The third kappa shape index (κ3) is 4.46. The average Bonchev–Trinajstić information content (AvgIpc) is 3.19. The molecule has 3 N–H and O–H groups in total. The smallest absolute Gasteiger partial charge is 0.362 e. The lowest BCUT2D eigenvalue weighted by molar-refractivity contribution is -0.143. The largest absolute Gasteiger partial charge is 0.389 e. The maximum Gasteiger partial charge on any atom is 0.362 e. The minimum atomic E-state index is -4.72. The molecule has 3 rings (SSSR count). The van der Waals surface area contributed by atoms with E-state index in [1.54, 1.807) is 17.5 Å². The van der Waals surface area contributed by atoms with E-state index in [0.29, 0.717) is 4.88 Å². The van der Waals surface area contributed by atoms with Crippen LogP contribution in [0.4, 0.5) is 0 Å². The number of carbonyl (C=O) groups is 3. The zero-order valence-electron chi connectivity index (χ0n) is 15.3. The molecule has 1 unspecified atom stereocenters. The average molecular weight is 456 g/mol. The molecule has 0 spiro atoms. The molecular formula is C16H16N4O8S2. The highest BCUT2D eigenvalue weighted by atomic mass is 32.2. The van der Waals surface area contributed by atoms with Crippen LogP contribution < -0.4 is 5.32 Å². The fourth-order valence-electron chi connectivity index (χ4n) is 2.69. The highest BCUT2D eigenvalue weighted by Crippen LogP contribution is 2.23. The van der Waals surface area contributed by atoms with Crippen molar-refractivity contribution in [1.29, 1.82) is 0 Å². The van der Waals surface area contributed by atoms with Gasteiger partial charge in [0.2, 0.25) is 0 Å². The Morgan fingerprint density at radius 3 is 2.73 bits per heavy atom. The van der Waals surface area contributed by atoms with Crippen LogP contribution in [0.3, 0.4) is 0 Å². The summed E-state index contributed by atoms with van der Waals surface area (Å²) in [6.07, 6.45) is 0.820. The number of aliphatic imine (C=N–C) groups is 1. The first kappa shape index (κ1) is 21.8. The number of amides is 2. The van der Waals surface area contributed by atoms with Gasteiger partial charge in [-0.1, -0.05) is 11.2 Å². The van der Waals surface area contributed by atoms with E-state index in [0.717, 1.165) is 12.3 Å². The molecule has 160 valence electrons. The van der Waals surface area contributed by atoms with Gasteiger partial charge in [0.25, 0.3) is 11.8 Å². The number of thiophene rings is 1. The van der Waals surface area contributed by atoms with Crippen LogP contribution in [0, 0.1) is 0 Å². The lowest BCUT2D eigenvalue weighted by atomic mass is 10.0. The number of rotatable bonds is 7. The van der Waals surface area contributed by atoms with Crippen molar-refractivity contribution in [2.75, 3.05) is 6.61 Å². The van der Waals surface area contributed by atoms with Gasteiger partial charge >= 0.3 is 10.3 Å². The van der Waals surface area contributed by atoms with E-state index < -0.39 is 46.1 Å². The Kier molecular flexibility index (Phi) is 6.12. The Balaban J connectivity index is 1.70. The number of ketones is 1. The molecule has 2 aliphatic rings. The summed E-state index contributed by atoms with van der Waals surface area (Å²) in [4.78, 5) is 45.4. The molecule has 30 heavy (non-hydrogen) atoms. The summed E-state index contributed by atoms with van der Waals surface area (Å²) in [5.41, 5.74) is 0.00799. The van der Waals surface area contributed by atoms with E-state index >= 15 is 0 Å². The van der Waals surface area contributed by atoms with Gasteiger partial charge in [-0.3, -0.25) is 23.9 Å². The molecule has 0 saturated carbocycles. The molecule has 14 heteroatoms. The molecule has 2 aliphatic heterocycles. The Bertz CT molecular complexity index is 1060. The number of β-lactam (4-membered cyclic amide) rings is 1. The first-order valence-electron chi connectivity index (χ1n) is 8.41. The summed E-state index contributed by atoms with van der Waals surface area (Å²) in [6, 6.07) is 1.09. The predicted octanol–water partition coefficient (Wildman–Crippen LogP) is -1.11. The first-order chi connectivity index (χ1) is 14.1. The first-order valence-corrected chi connectivity index (χ1v) is 10.7. The number of aliphatic hydroxyl groups is 1. The molecule has 0 radical (unpaired) electrons. The molecule has 2 amide bonds. The van der Waals surface area contributed by atoms with Gasteiger partial charge in [-0.2, -0.15) is 8.42 Å². The lowest BCUT2D eigenvalue weighted by Crippen LogP contribution is -2.71. The summed E-state index contributed by atoms with van der Waals surface area (Å²) >= 11 is 1.17. The van der Waals surface area contributed by atoms with Crippen molar-refractivity contribution in [2.45, 2.75) is 25.1 Å². The number of oxime groups is 1. The summed E-state index contributed by atoms with van der Waals surface area (Å²) in [7, 11) is -4.72. The lowest BCUT2D eigenvalue weighted by Gasteiger charge is -2.42. The second kappa shape index (κ2) is 8.43. The van der Waals surface area contributed by atoms with Gasteiger partial charge in [-0.25, -0.2) is 4.31 Å². The number of nitrogens with one attached hydrogen (secondary N) is 1. The van der Waals surface area contributed by atoms with Crippen molar-refractivity contribution in [2.24, 2.45) is 10.1 Å². The Morgan fingerprint density at radius 2 is 2.17 bits per heavy atom. The van der Waals surface area contributed by atoms with Crippen LogP contribution in [-0.2, 0) is 29.5 Å². The molecular weight excluding hydrogens is 440 g/mol. The highest BCUT2D eigenvalue weighted by Gasteiger charge is 2.51. The van der Waals surface area contributed by atoms with Crippen LogP contribution in [0.5, 0.6) is 0 Å². The minimum Gasteiger partial charge on any atom is -0.389 e. The van der Waals surface area contributed by atoms with Gasteiger partial charge in [0.1, 0.15) is 6.04 Å². The third-order valence-corrected chi connectivity index (χ3v) is 6.08. The maximum atomic E-state index is 12.6. The quantitative estimate of drug-likeness (QED) is 0.200. The molecule has 1 aromatic heterocycles. The van der Waals surface area contributed by atoms with E-state index in [4.69, 9.17) is 9.39 Å². The fourth-order valence-corrected chi connectivity index (χ4v) is 4.28. The van der Waals surface area contributed by atoms with E-state index in [1.807, 2.05) is 0 Å². The number of nitrogens with zero attached hydrogens (tertiary/aromatic N) is 3. The fraction of sp³-hybridized carbons (Fsp3) is 0.312. The normalized spacial score (nSPS) is 24.4. The Morgan fingerprint density at radius 1 is 1.43 bits per heavy atom. The van der Waals surface area contributed by atoms with Crippen molar-refractivity contribution in [3.05, 3.63) is 34.2 Å². The summed E-state index contributed by atoms with van der Waals surface area (Å²) < 4.78 is 31.6. The molecule has 3 atom stereocenters. The molecule has 0 aromatic carbocycles. The van der Waals surface area contributed by atoms with Gasteiger partial charge in [0.05, 0.1) is 16.6 Å². The molecule has 1 saturated heterocycles. The standard InChI is InChI=1S/C16H16N4O8S2/c1-8-13(16(24)20(8)30(25,26)27)18-15(23)14(12-3-2-4-29-12)19-28-7-9-5-10(21)11(22)6-17-9/h2-6,8,11,13,22H,7H2,1H3,(H,18,23)(H,25,26,27)/b19-14-/t8-,11?,13-/m0/s1. The molecule has 12 nitrogen and oxygen atoms in total. The Hall–Kier alpha value is -2.94. The topological polar surface area (TPSA) is 175 Å². The molecule has 0 aliphatic carbocycles. The van der Waals surface area contributed by atoms with Crippen molar-refractivity contribution in [3.63, 3.8) is 0 Å². The SMILES string of the molecule is C[C@H]1[C@H](NC(=O)/C(=N\OCC2=CC(=O)C(O)C=N2)c2cccs2)C(=O)N1S(=O)(=O)O. The van der Waals surface area contributed by atoms with Crippen molar-refractivity contribution in [3.8, 4) is 0 Å². The molecule has 0 bridgehead atoms. The van der Waals surface area contributed by atoms with E-state index in [2.05, 4.69) is 15.5 Å². The van der Waals surface area contributed by atoms with Crippen LogP contribution in [0.2, 0.25) is 0 Å². The number of aliphatic hydroxyl groups excluding tert-OH is 1. The second-order valence-corrected chi connectivity index (χ2v) is 8.49. The van der Waals surface area contributed by atoms with Crippen LogP contribution in [-0.4, -0.2) is 76.7 Å². The number of hydrogen-bond acceptors (Lipinski definition) is 10. The van der Waals surface area contributed by atoms with Crippen LogP contribution in [0.15, 0.2) is 39.4 Å². The highest BCUT2D eigenvalue weighted by molar-refractivity contribution is 7.84. The zero-order valence-corrected chi connectivity index (χ0v) is 17.0. The number of carbonyl (C=O) groups excluding carboxylic acids is 3. The van der Waals surface area contributed by atoms with E-state index in [-0.39, 0.29) is 22.3 Å². The molecule has 1 fully saturated rings. The van der Waals surface area contributed by atoms with Crippen molar-refractivity contribution < 1.29 is 37.3 Å². The van der Waals surface area contributed by atoms with Gasteiger partial charge < -0.3 is 15.3 Å². The van der Waals surface area contributed by atoms with E-state index in [9.17, 15) is 27.9 Å². The summed E-state index contributed by atoms with van der Waals surface area (Å²) in [5.74, 6) is -2.35. The van der Waals surface area contributed by atoms with E-state index in [1.165, 1.54) is 18.3 Å². The summed E-state index contributed by atoms with van der Waals surface area (Å²) in [6.45, 7) is 1.09. The van der Waals surface area contributed by atoms with Gasteiger partial charge in [0.15, 0.2) is 24.2 Å². The monoisotopic (exact) mass is 456 g/mol. The van der Waals surface area contributed by atoms with Gasteiger partial charge in [0, 0.05) is 12.3 Å². The summed E-state index contributed by atoms with van der Waals surface area (Å²) in [5, 5.41) is 17.1. The van der Waals surface area contributed by atoms with Gasteiger partial charge in [-0.05, 0) is 18.4 Å². The predicted molar refractivity (Wildman–Crippen MR) is 104 cm³/mol. The van der Waals surface area contributed by atoms with Crippen molar-refractivity contribution >= 4 is 51.2 Å². The maximum absolute atomic E-state index is 12.6.